The van der Waals surface area contributed by atoms with Crippen molar-refractivity contribution in [3.05, 3.63) is 112 Å². The number of methoxy groups -OCH3 is 1. The smallest absolute Gasteiger partial charge is 0.272 e. The first-order valence-electron chi connectivity index (χ1n) is 15.6. The Kier molecular flexibility index (Phi) is 11.5. The molecular weight excluding hydrogens is 659 g/mol. The molecule has 0 bridgehead atoms. The van der Waals surface area contributed by atoms with E-state index in [-0.39, 0.29) is 17.5 Å². The van der Waals surface area contributed by atoms with E-state index in [2.05, 4.69) is 22.0 Å². The van der Waals surface area contributed by atoms with Crippen molar-refractivity contribution in [2.75, 3.05) is 24.3 Å². The summed E-state index contributed by atoms with van der Waals surface area (Å²) in [6, 6.07) is 25.1. The molecule has 0 fully saturated rings. The molecule has 0 saturated heterocycles. The zero-order valence-electron chi connectivity index (χ0n) is 27.2. The number of carbonyl (C=O) groups is 4. The highest BCUT2D eigenvalue weighted by Crippen LogP contribution is 2.38. The van der Waals surface area contributed by atoms with Crippen molar-refractivity contribution < 1.29 is 23.9 Å². The number of amides is 4. The number of para-hydroxylation sites is 1. The van der Waals surface area contributed by atoms with Gasteiger partial charge in [-0.15, -0.1) is 23.1 Å². The minimum Gasteiger partial charge on any atom is -0.496 e. The van der Waals surface area contributed by atoms with Gasteiger partial charge < -0.3 is 25.6 Å². The molecule has 10 nitrogen and oxygen atoms in total. The average molecular weight is 694 g/mol. The van der Waals surface area contributed by atoms with Crippen LogP contribution in [-0.4, -0.2) is 47.4 Å². The van der Waals surface area contributed by atoms with E-state index in [9.17, 15) is 24.4 Å². The third kappa shape index (κ3) is 8.56. The Morgan fingerprint density at radius 3 is 2.51 bits per heavy atom. The first kappa shape index (κ1) is 34.9. The van der Waals surface area contributed by atoms with E-state index in [1.807, 2.05) is 19.1 Å². The first-order valence-corrected chi connectivity index (χ1v) is 17.3. The first-order chi connectivity index (χ1) is 23.7. The molecule has 12 heteroatoms. The average Bonchev–Trinajstić information content (AvgIpc) is 3.46. The van der Waals surface area contributed by atoms with Crippen molar-refractivity contribution in [1.29, 1.82) is 5.26 Å². The fourth-order valence-corrected chi connectivity index (χ4v) is 7.52. The Labute approximate surface area is 293 Å². The Balaban J connectivity index is 1.31. The maximum absolute atomic E-state index is 13.6. The highest BCUT2D eigenvalue weighted by atomic mass is 32.2. The predicted molar refractivity (Wildman–Crippen MR) is 192 cm³/mol. The molecule has 0 aliphatic carbocycles. The van der Waals surface area contributed by atoms with Crippen molar-refractivity contribution in [1.82, 2.24) is 10.2 Å². The van der Waals surface area contributed by atoms with Crippen LogP contribution in [0.25, 0.3) is 6.08 Å². The number of thioether (sulfide) groups is 1. The number of fused-ring (bicyclic) bond motifs is 1. The van der Waals surface area contributed by atoms with E-state index >= 15 is 0 Å². The summed E-state index contributed by atoms with van der Waals surface area (Å²) in [6.45, 7) is 4.40. The number of rotatable bonds is 11. The van der Waals surface area contributed by atoms with Crippen LogP contribution in [0.1, 0.15) is 52.2 Å². The van der Waals surface area contributed by atoms with Crippen LogP contribution in [-0.2, 0) is 27.3 Å². The van der Waals surface area contributed by atoms with Crippen molar-refractivity contribution in [3.8, 4) is 11.8 Å². The fourth-order valence-electron chi connectivity index (χ4n) is 5.29. The Hall–Kier alpha value is -5.38. The van der Waals surface area contributed by atoms with Crippen LogP contribution < -0.4 is 20.7 Å². The van der Waals surface area contributed by atoms with E-state index in [4.69, 9.17) is 4.74 Å². The van der Waals surface area contributed by atoms with Gasteiger partial charge in [0.05, 0.1) is 24.5 Å². The molecule has 1 unspecified atom stereocenters. The van der Waals surface area contributed by atoms with E-state index in [0.29, 0.717) is 59.1 Å². The number of hydrogen-bond acceptors (Lipinski definition) is 8. The molecule has 0 saturated carbocycles. The second kappa shape index (κ2) is 16.1. The maximum Gasteiger partial charge on any atom is 0.272 e. The Morgan fingerprint density at radius 1 is 1.04 bits per heavy atom. The van der Waals surface area contributed by atoms with Gasteiger partial charge in [-0.2, -0.15) is 5.26 Å². The topological polar surface area (TPSA) is 141 Å². The zero-order valence-corrected chi connectivity index (χ0v) is 28.9. The molecule has 3 aromatic carbocycles. The number of nitrogens with zero attached hydrogens (tertiary/aromatic N) is 2. The lowest BCUT2D eigenvalue weighted by Crippen LogP contribution is -2.33. The summed E-state index contributed by atoms with van der Waals surface area (Å²) in [5.41, 5.74) is 2.83. The van der Waals surface area contributed by atoms with Gasteiger partial charge in [0, 0.05) is 40.1 Å². The van der Waals surface area contributed by atoms with Crippen molar-refractivity contribution in [2.45, 2.75) is 43.4 Å². The normalized spacial score (nSPS) is 13.0. The molecule has 1 aromatic heterocycles. The van der Waals surface area contributed by atoms with Gasteiger partial charge in [0.15, 0.2) is 0 Å². The van der Waals surface area contributed by atoms with Crippen LogP contribution in [0.5, 0.6) is 5.75 Å². The second-order valence-corrected chi connectivity index (χ2v) is 13.5. The molecule has 250 valence electrons. The lowest BCUT2D eigenvalue weighted by Gasteiger charge is -2.25. The molecule has 4 amide bonds. The summed E-state index contributed by atoms with van der Waals surface area (Å²) < 4.78 is 5.45. The molecule has 3 N–H and O–H groups in total. The van der Waals surface area contributed by atoms with Gasteiger partial charge in [-0.25, -0.2) is 0 Å². The SMILES string of the molecule is CCC(Sc1cccc(NC(=O)/C(=C\c2ccccc2OC)NC(=O)c2ccccc2)c1)C(=O)Nc1sc2c(c1C#N)CCN(C(C)=O)C2. The van der Waals surface area contributed by atoms with E-state index < -0.39 is 17.1 Å². The third-order valence-corrected chi connectivity index (χ3v) is 10.3. The molecule has 49 heavy (non-hydrogen) atoms. The number of nitrogens with one attached hydrogen (secondary N) is 3. The quantitative estimate of drug-likeness (QED) is 0.121. The van der Waals surface area contributed by atoms with Crippen LogP contribution in [0.2, 0.25) is 0 Å². The summed E-state index contributed by atoms with van der Waals surface area (Å²) >= 11 is 2.68. The van der Waals surface area contributed by atoms with Crippen LogP contribution >= 0.6 is 23.1 Å². The maximum atomic E-state index is 13.6. The van der Waals surface area contributed by atoms with E-state index in [1.54, 1.807) is 77.7 Å². The Bertz CT molecular complexity index is 1950. The largest absolute Gasteiger partial charge is 0.496 e. The van der Waals surface area contributed by atoms with Crippen LogP contribution in [0.15, 0.2) is 89.5 Å². The minimum absolute atomic E-state index is 0.0144. The molecule has 0 spiro atoms. The molecule has 1 aliphatic rings. The second-order valence-electron chi connectivity index (χ2n) is 11.1. The lowest BCUT2D eigenvalue weighted by atomic mass is 10.0. The molecule has 5 rings (SSSR count). The summed E-state index contributed by atoms with van der Waals surface area (Å²) in [5, 5.41) is 18.5. The minimum atomic E-state index is -0.545. The number of nitriles is 1. The third-order valence-electron chi connectivity index (χ3n) is 7.85. The van der Waals surface area contributed by atoms with Gasteiger partial charge in [-0.1, -0.05) is 49.4 Å². The highest BCUT2D eigenvalue weighted by molar-refractivity contribution is 8.00. The number of anilines is 2. The summed E-state index contributed by atoms with van der Waals surface area (Å²) in [7, 11) is 1.53. The fraction of sp³-hybridized carbons (Fsp3) is 0.216. The van der Waals surface area contributed by atoms with Crippen LogP contribution in [0, 0.1) is 11.3 Å². The monoisotopic (exact) mass is 693 g/mol. The number of hydrogen-bond donors (Lipinski definition) is 3. The number of carbonyl (C=O) groups excluding carboxylic acids is 4. The number of thiophene rings is 1. The zero-order chi connectivity index (χ0) is 34.9. The van der Waals surface area contributed by atoms with Gasteiger partial charge in [-0.05, 0) is 60.9 Å². The summed E-state index contributed by atoms with van der Waals surface area (Å²) in [5.74, 6) is -0.723. The molecule has 0 radical (unpaired) electrons. The standard InChI is InChI=1S/C37H35N5O5S2/c1-4-32(36(46)41-37-29(21-38)28-17-18-42(23(2)43)22-33(28)49-37)48-27-15-10-14-26(20-27)39-35(45)30(19-25-13-8-9-16-31(25)47-3)40-34(44)24-11-6-5-7-12-24/h5-16,19-20,32H,4,17-18,22H2,1-3H3,(H,39,45)(H,40,44)(H,41,46)/b30-19+. The molecule has 1 atom stereocenters. The van der Waals surface area contributed by atoms with Gasteiger partial charge in [-0.3, -0.25) is 19.2 Å². The number of benzene rings is 3. The number of ether oxygens (including phenoxy) is 1. The van der Waals surface area contributed by atoms with Gasteiger partial charge in [0.25, 0.3) is 11.8 Å². The van der Waals surface area contributed by atoms with E-state index in [0.717, 1.165) is 15.3 Å². The molecule has 1 aliphatic heterocycles. The highest BCUT2D eigenvalue weighted by Gasteiger charge is 2.28. The molecule has 2 heterocycles. The molecular formula is C37H35N5O5S2. The van der Waals surface area contributed by atoms with Gasteiger partial charge in [0.2, 0.25) is 11.8 Å². The summed E-state index contributed by atoms with van der Waals surface area (Å²) in [4.78, 5) is 55.5. The summed E-state index contributed by atoms with van der Waals surface area (Å²) in [6.07, 6.45) is 2.64. The lowest BCUT2D eigenvalue weighted by molar-refractivity contribution is -0.129. The van der Waals surface area contributed by atoms with Gasteiger partial charge in [0.1, 0.15) is 22.5 Å². The van der Waals surface area contributed by atoms with E-state index in [1.165, 1.54) is 37.1 Å². The van der Waals surface area contributed by atoms with Crippen LogP contribution in [0.4, 0.5) is 10.7 Å². The van der Waals surface area contributed by atoms with Crippen molar-refractivity contribution >= 4 is 63.5 Å². The van der Waals surface area contributed by atoms with Gasteiger partial charge >= 0.3 is 0 Å². The molecule has 4 aromatic rings. The van der Waals surface area contributed by atoms with Crippen LogP contribution in [0.3, 0.4) is 0 Å². The van der Waals surface area contributed by atoms with Crippen molar-refractivity contribution in [2.24, 2.45) is 0 Å². The van der Waals surface area contributed by atoms with Crippen molar-refractivity contribution in [3.63, 3.8) is 0 Å². The Morgan fingerprint density at radius 2 is 1.80 bits per heavy atom. The predicted octanol–water partition coefficient (Wildman–Crippen LogP) is 6.45.